The fraction of sp³-hybridized carbons (Fsp3) is 0.309. The Kier molecular flexibility index (Phi) is 19.1. The molecule has 10 aromatic rings. The van der Waals surface area contributed by atoms with Gasteiger partial charge >= 0.3 is 0 Å². The summed E-state index contributed by atoms with van der Waals surface area (Å²) >= 11 is 0. The molecule has 83 heavy (non-hydrogen) atoms. The molecule has 0 radical (unpaired) electrons. The highest BCUT2D eigenvalue weighted by Crippen LogP contribution is 2.44. The summed E-state index contributed by atoms with van der Waals surface area (Å²) in [5.41, 5.74) is 22.7. The zero-order valence-electron chi connectivity index (χ0n) is 51.5. The lowest BCUT2D eigenvalue weighted by atomic mass is 9.86. The van der Waals surface area contributed by atoms with E-state index in [0.29, 0.717) is 5.92 Å². The maximum atomic E-state index is 2.45. The van der Waals surface area contributed by atoms with Crippen LogP contribution in [0.4, 0.5) is 34.1 Å². The Bertz CT molecular complexity index is 3760. The maximum absolute atomic E-state index is 2.45. The van der Waals surface area contributed by atoms with Crippen LogP contribution < -0.4 is 9.80 Å². The van der Waals surface area contributed by atoms with Crippen molar-refractivity contribution in [2.75, 3.05) is 9.80 Å². The van der Waals surface area contributed by atoms with Crippen LogP contribution in [0, 0.1) is 13.8 Å². The second kappa shape index (κ2) is 27.1. The first-order valence-electron chi connectivity index (χ1n) is 31.6. The molecule has 10 aromatic carbocycles. The Morgan fingerprint density at radius 2 is 0.747 bits per heavy atom. The minimum Gasteiger partial charge on any atom is -0.310 e. The molecule has 0 fully saturated rings. The molecule has 0 aromatic heterocycles. The van der Waals surface area contributed by atoms with Crippen LogP contribution >= 0.6 is 0 Å². The third kappa shape index (κ3) is 14.1. The maximum Gasteiger partial charge on any atom is 0.0464 e. The van der Waals surface area contributed by atoms with Crippen molar-refractivity contribution in [1.82, 2.24) is 0 Å². The van der Waals surface area contributed by atoms with Crippen LogP contribution in [0.3, 0.4) is 0 Å². The topological polar surface area (TPSA) is 6.48 Å². The van der Waals surface area contributed by atoms with Gasteiger partial charge in [-0.3, -0.25) is 0 Å². The largest absolute Gasteiger partial charge is 0.310 e. The number of nitrogens with zero attached hydrogens (tertiary/aromatic N) is 2. The van der Waals surface area contributed by atoms with E-state index >= 15 is 0 Å². The van der Waals surface area contributed by atoms with Crippen molar-refractivity contribution in [2.45, 2.75) is 164 Å². The first kappa shape index (κ1) is 58.5. The molecule has 2 nitrogen and oxygen atoms in total. The Morgan fingerprint density at radius 3 is 1.19 bits per heavy atom. The minimum atomic E-state index is 0.0375. The van der Waals surface area contributed by atoms with E-state index in [1.54, 1.807) is 0 Å². The van der Waals surface area contributed by atoms with Crippen LogP contribution in [0.1, 0.15) is 165 Å². The Balaban J connectivity index is 0.926. The second-order valence-corrected chi connectivity index (χ2v) is 25.1. The fourth-order valence-corrected chi connectivity index (χ4v) is 12.5. The molecule has 0 spiro atoms. The molecule has 0 saturated carbocycles. The van der Waals surface area contributed by atoms with E-state index < -0.39 is 0 Å². The second-order valence-electron chi connectivity index (χ2n) is 25.1. The van der Waals surface area contributed by atoms with Crippen LogP contribution in [-0.2, 0) is 18.3 Å². The number of hydrogen-bond acceptors (Lipinski definition) is 2. The molecule has 10 rings (SSSR count). The zero-order chi connectivity index (χ0) is 57.9. The van der Waals surface area contributed by atoms with Gasteiger partial charge in [-0.2, -0.15) is 0 Å². The van der Waals surface area contributed by atoms with Gasteiger partial charge in [-0.1, -0.05) is 234 Å². The van der Waals surface area contributed by atoms with Crippen LogP contribution in [0.15, 0.2) is 206 Å². The predicted molar refractivity (Wildman–Crippen MR) is 364 cm³/mol. The quantitative estimate of drug-likeness (QED) is 0.0557. The van der Waals surface area contributed by atoms with Crippen LogP contribution in [0.2, 0.25) is 0 Å². The van der Waals surface area contributed by atoms with Gasteiger partial charge in [-0.05, 0) is 224 Å². The average Bonchev–Trinajstić information content (AvgIpc) is 3.61. The SMILES string of the molecule is CCCCCCCCc1cccc(N(c2ccc(-c3ccc4c(-c5c(C)ccc6cc(-c7ccc(N(c8cccc(CCCCCCCC)c8)c8cccc(C(C)(C)C)c8)cc7)ccc56)c(C)ccc4c3)cc2)c2cccc(C(C)C)c2)c1. The first-order valence-corrected chi connectivity index (χ1v) is 31.6. The number of rotatable bonds is 24. The highest BCUT2D eigenvalue weighted by atomic mass is 15.1. The van der Waals surface area contributed by atoms with E-state index in [2.05, 4.69) is 278 Å². The highest BCUT2D eigenvalue weighted by molar-refractivity contribution is 6.09. The van der Waals surface area contributed by atoms with Crippen molar-refractivity contribution in [2.24, 2.45) is 0 Å². The normalized spacial score (nSPS) is 11.7. The van der Waals surface area contributed by atoms with Gasteiger partial charge in [-0.15, -0.1) is 0 Å². The Morgan fingerprint density at radius 1 is 0.349 bits per heavy atom. The number of hydrogen-bond donors (Lipinski definition) is 0. The lowest BCUT2D eigenvalue weighted by molar-refractivity contribution is 0.590. The summed E-state index contributed by atoms with van der Waals surface area (Å²) in [4.78, 5) is 4.89. The monoisotopic (exact) mass is 1090 g/mol. The Hall–Kier alpha value is -7.68. The average molecular weight is 1090 g/mol. The number of fused-ring (bicyclic) bond motifs is 2. The van der Waals surface area contributed by atoms with Gasteiger partial charge in [0.05, 0.1) is 0 Å². The summed E-state index contributed by atoms with van der Waals surface area (Å²) in [5, 5.41) is 5.06. The van der Waals surface area contributed by atoms with E-state index in [-0.39, 0.29) is 5.41 Å². The van der Waals surface area contributed by atoms with E-state index in [0.717, 1.165) is 24.2 Å². The lowest BCUT2D eigenvalue weighted by Gasteiger charge is -2.28. The van der Waals surface area contributed by atoms with Crippen LogP contribution in [-0.4, -0.2) is 0 Å². The molecule has 0 aliphatic heterocycles. The number of unbranched alkanes of at least 4 members (excludes halogenated alkanes) is 10. The lowest BCUT2D eigenvalue weighted by Crippen LogP contribution is -2.14. The predicted octanol–water partition coefficient (Wildman–Crippen LogP) is 24.8. The van der Waals surface area contributed by atoms with E-state index in [1.165, 1.54) is 188 Å². The van der Waals surface area contributed by atoms with Gasteiger partial charge in [-0.25, -0.2) is 0 Å². The molecule has 0 heterocycles. The molecule has 0 atom stereocenters. The highest BCUT2D eigenvalue weighted by Gasteiger charge is 2.21. The first-order chi connectivity index (χ1) is 40.4. The van der Waals surface area contributed by atoms with E-state index in [9.17, 15) is 0 Å². The molecule has 0 N–H and O–H groups in total. The van der Waals surface area contributed by atoms with Gasteiger partial charge in [0, 0.05) is 34.1 Å². The zero-order valence-corrected chi connectivity index (χ0v) is 51.5. The minimum absolute atomic E-state index is 0.0375. The summed E-state index contributed by atoms with van der Waals surface area (Å²) in [6.07, 6.45) is 17.9. The van der Waals surface area contributed by atoms with E-state index in [4.69, 9.17) is 0 Å². The molecule has 424 valence electrons. The standard InChI is InChI=1S/C81H90N2/c1-10-12-14-16-18-20-26-61-28-22-32-73(52-61)82(75-34-24-30-65(56-75)58(3)4)71-46-40-63(41-47-71)66-44-50-77-68(54-66)38-36-59(5)79(77)80-60(6)37-39-69-55-67(45-51-78(69)80)64-42-48-72(49-43-64)83(76-35-25-31-70(57-76)81(7,8)9)74-33-23-29-62(53-74)27-21-19-17-15-13-11-2/h22-25,28-58H,10-21,26-27H2,1-9H3. The van der Waals surface area contributed by atoms with Gasteiger partial charge in [0.1, 0.15) is 0 Å². The molecule has 0 aliphatic rings. The van der Waals surface area contributed by atoms with Crippen molar-refractivity contribution in [3.8, 4) is 33.4 Å². The molecular formula is C81H90N2. The summed E-state index contributed by atoms with van der Waals surface area (Å²) in [5.74, 6) is 0.442. The summed E-state index contributed by atoms with van der Waals surface area (Å²) in [7, 11) is 0. The van der Waals surface area contributed by atoms with Crippen molar-refractivity contribution in [1.29, 1.82) is 0 Å². The smallest absolute Gasteiger partial charge is 0.0464 e. The molecule has 0 bridgehead atoms. The number of benzene rings is 10. The summed E-state index contributed by atoms with van der Waals surface area (Å²) in [6.45, 7) is 20.6. The van der Waals surface area contributed by atoms with Crippen LogP contribution in [0.25, 0.3) is 54.9 Å². The number of anilines is 6. The molecule has 2 heteroatoms. The van der Waals surface area contributed by atoms with Crippen molar-refractivity contribution in [3.63, 3.8) is 0 Å². The molecule has 0 aliphatic carbocycles. The molecule has 0 unspecified atom stereocenters. The Labute approximate surface area is 499 Å². The van der Waals surface area contributed by atoms with Crippen LogP contribution in [0.5, 0.6) is 0 Å². The third-order valence-electron chi connectivity index (χ3n) is 17.4. The van der Waals surface area contributed by atoms with Gasteiger partial charge in [0.15, 0.2) is 0 Å². The summed E-state index contributed by atoms with van der Waals surface area (Å²) < 4.78 is 0. The van der Waals surface area contributed by atoms with E-state index in [1.807, 2.05) is 0 Å². The summed E-state index contributed by atoms with van der Waals surface area (Å²) in [6, 6.07) is 78.6. The third-order valence-corrected chi connectivity index (χ3v) is 17.4. The van der Waals surface area contributed by atoms with Crippen molar-refractivity contribution < 1.29 is 0 Å². The molecular weight excluding hydrogens is 1000 g/mol. The van der Waals surface area contributed by atoms with Gasteiger partial charge in [0.25, 0.3) is 0 Å². The van der Waals surface area contributed by atoms with Crippen molar-refractivity contribution in [3.05, 3.63) is 240 Å². The van der Waals surface area contributed by atoms with Gasteiger partial charge in [0.2, 0.25) is 0 Å². The van der Waals surface area contributed by atoms with Crippen molar-refractivity contribution >= 4 is 55.7 Å². The number of aryl methyl sites for hydroxylation is 4. The molecule has 0 saturated heterocycles. The molecule has 0 amide bonds. The fourth-order valence-electron chi connectivity index (χ4n) is 12.5. The van der Waals surface area contributed by atoms with Gasteiger partial charge < -0.3 is 9.80 Å².